The van der Waals surface area contributed by atoms with Gasteiger partial charge in [-0.25, -0.2) is 9.78 Å². The molecule has 1 heterocycles. The maximum atomic E-state index is 12.0. The third-order valence-electron chi connectivity index (χ3n) is 2.32. The highest BCUT2D eigenvalue weighted by Crippen LogP contribution is 2.23. The highest BCUT2D eigenvalue weighted by molar-refractivity contribution is 5.89. The highest BCUT2D eigenvalue weighted by atomic mass is 19.4. The van der Waals surface area contributed by atoms with Crippen LogP contribution in [0.3, 0.4) is 0 Å². The van der Waals surface area contributed by atoms with Gasteiger partial charge in [0.1, 0.15) is 11.6 Å². The standard InChI is InChI=1S/C12H11F3N4O2/c13-12(14,15)21-9-3-1-8(2-4-9)19-11(20)18-7-10-16-5-6-17-10/h1-6H,7H2,(H,16,17)(H2,18,19,20). The van der Waals surface area contributed by atoms with E-state index >= 15 is 0 Å². The molecule has 2 aromatic rings. The van der Waals surface area contributed by atoms with Crippen molar-refractivity contribution in [3.63, 3.8) is 0 Å². The zero-order chi connectivity index (χ0) is 15.3. The van der Waals surface area contributed by atoms with Gasteiger partial charge in [0.05, 0.1) is 6.54 Å². The second-order valence-corrected chi connectivity index (χ2v) is 3.92. The molecule has 0 aliphatic carbocycles. The van der Waals surface area contributed by atoms with Gasteiger partial charge < -0.3 is 20.4 Å². The molecule has 0 bridgehead atoms. The first-order valence-electron chi connectivity index (χ1n) is 5.81. The van der Waals surface area contributed by atoms with Gasteiger partial charge in [-0.3, -0.25) is 0 Å². The molecule has 112 valence electrons. The first-order valence-corrected chi connectivity index (χ1v) is 5.81. The van der Waals surface area contributed by atoms with E-state index in [2.05, 4.69) is 25.3 Å². The summed E-state index contributed by atoms with van der Waals surface area (Å²) in [5.41, 5.74) is 0.335. The molecule has 0 saturated heterocycles. The lowest BCUT2D eigenvalue weighted by atomic mass is 10.3. The third-order valence-corrected chi connectivity index (χ3v) is 2.32. The van der Waals surface area contributed by atoms with E-state index in [9.17, 15) is 18.0 Å². The van der Waals surface area contributed by atoms with E-state index in [1.807, 2.05) is 0 Å². The van der Waals surface area contributed by atoms with Crippen LogP contribution in [-0.4, -0.2) is 22.4 Å². The van der Waals surface area contributed by atoms with Crippen LogP contribution >= 0.6 is 0 Å². The normalized spacial score (nSPS) is 11.0. The number of aromatic amines is 1. The summed E-state index contributed by atoms with van der Waals surface area (Å²) in [5.74, 6) is 0.225. The average Bonchev–Trinajstić information content (AvgIpc) is 2.90. The first kappa shape index (κ1) is 14.7. The monoisotopic (exact) mass is 300 g/mol. The fourth-order valence-corrected chi connectivity index (χ4v) is 1.47. The molecule has 6 nitrogen and oxygen atoms in total. The molecule has 21 heavy (non-hydrogen) atoms. The van der Waals surface area contributed by atoms with Gasteiger partial charge in [-0.15, -0.1) is 13.2 Å². The van der Waals surface area contributed by atoms with Crippen LogP contribution in [0, 0.1) is 0 Å². The molecule has 0 spiro atoms. The van der Waals surface area contributed by atoms with E-state index in [-0.39, 0.29) is 12.3 Å². The maximum Gasteiger partial charge on any atom is 0.573 e. The molecule has 1 aromatic heterocycles. The Morgan fingerprint density at radius 2 is 2.00 bits per heavy atom. The van der Waals surface area contributed by atoms with Crippen molar-refractivity contribution >= 4 is 11.7 Å². The maximum absolute atomic E-state index is 12.0. The van der Waals surface area contributed by atoms with Crippen molar-refractivity contribution in [3.05, 3.63) is 42.5 Å². The average molecular weight is 300 g/mol. The zero-order valence-electron chi connectivity index (χ0n) is 10.6. The number of H-pyrrole nitrogens is 1. The van der Waals surface area contributed by atoms with E-state index in [0.29, 0.717) is 11.5 Å². The number of nitrogens with zero attached hydrogens (tertiary/aromatic N) is 1. The van der Waals surface area contributed by atoms with Crippen LogP contribution in [0.4, 0.5) is 23.7 Å². The molecular weight excluding hydrogens is 289 g/mol. The summed E-state index contributed by atoms with van der Waals surface area (Å²) in [6, 6.07) is 4.31. The Morgan fingerprint density at radius 3 is 2.57 bits per heavy atom. The number of aromatic nitrogens is 2. The Morgan fingerprint density at radius 1 is 1.29 bits per heavy atom. The van der Waals surface area contributed by atoms with E-state index in [0.717, 1.165) is 12.1 Å². The Bertz CT molecular complexity index is 582. The predicted octanol–water partition coefficient (Wildman–Crippen LogP) is 2.63. The Labute approximate surface area is 117 Å². The highest BCUT2D eigenvalue weighted by Gasteiger charge is 2.30. The van der Waals surface area contributed by atoms with Crippen molar-refractivity contribution < 1.29 is 22.7 Å². The molecular formula is C12H11F3N4O2. The number of urea groups is 1. The van der Waals surface area contributed by atoms with Crippen molar-refractivity contribution in [1.29, 1.82) is 0 Å². The van der Waals surface area contributed by atoms with Crippen LogP contribution in [0.2, 0.25) is 0 Å². The number of rotatable bonds is 4. The molecule has 1 aromatic carbocycles. The van der Waals surface area contributed by atoms with Gasteiger partial charge in [0.2, 0.25) is 0 Å². The fourth-order valence-electron chi connectivity index (χ4n) is 1.47. The lowest BCUT2D eigenvalue weighted by molar-refractivity contribution is -0.274. The quantitative estimate of drug-likeness (QED) is 0.812. The van der Waals surface area contributed by atoms with E-state index in [1.165, 1.54) is 12.1 Å². The predicted molar refractivity (Wildman–Crippen MR) is 67.6 cm³/mol. The van der Waals surface area contributed by atoms with Gasteiger partial charge in [-0.1, -0.05) is 0 Å². The second-order valence-electron chi connectivity index (χ2n) is 3.92. The first-order chi connectivity index (χ1) is 9.92. The summed E-state index contributed by atoms with van der Waals surface area (Å²) in [6.45, 7) is 0.202. The number of carbonyl (C=O) groups is 1. The molecule has 2 amide bonds. The number of anilines is 1. The molecule has 0 aliphatic heterocycles. The summed E-state index contributed by atoms with van der Waals surface area (Å²) >= 11 is 0. The van der Waals surface area contributed by atoms with Crippen molar-refractivity contribution in [1.82, 2.24) is 15.3 Å². The Hall–Kier alpha value is -2.71. The van der Waals surface area contributed by atoms with E-state index < -0.39 is 12.4 Å². The number of benzene rings is 1. The van der Waals surface area contributed by atoms with Gasteiger partial charge in [0, 0.05) is 18.1 Å². The van der Waals surface area contributed by atoms with Crippen molar-refractivity contribution in [3.8, 4) is 5.75 Å². The number of carbonyl (C=O) groups excluding carboxylic acids is 1. The third kappa shape index (κ3) is 5.05. The zero-order valence-corrected chi connectivity index (χ0v) is 10.6. The van der Waals surface area contributed by atoms with Crippen LogP contribution in [0.5, 0.6) is 5.75 Å². The van der Waals surface area contributed by atoms with Gasteiger partial charge in [0.15, 0.2) is 0 Å². The minimum atomic E-state index is -4.74. The molecule has 0 unspecified atom stereocenters. The SMILES string of the molecule is O=C(NCc1ncc[nH]1)Nc1ccc(OC(F)(F)F)cc1. The number of ether oxygens (including phenoxy) is 1. The molecule has 0 atom stereocenters. The fraction of sp³-hybridized carbons (Fsp3) is 0.167. The lowest BCUT2D eigenvalue weighted by Gasteiger charge is -2.10. The van der Waals surface area contributed by atoms with Crippen LogP contribution in [0.15, 0.2) is 36.7 Å². The number of alkyl halides is 3. The van der Waals surface area contributed by atoms with Crippen molar-refractivity contribution in [2.45, 2.75) is 12.9 Å². The molecule has 3 N–H and O–H groups in total. The second kappa shape index (κ2) is 6.16. The summed E-state index contributed by atoms with van der Waals surface area (Å²) in [4.78, 5) is 18.3. The number of halogens is 3. The Kier molecular flexibility index (Phi) is 4.31. The van der Waals surface area contributed by atoms with E-state index in [1.54, 1.807) is 12.4 Å². The van der Waals surface area contributed by atoms with Gasteiger partial charge in [-0.05, 0) is 24.3 Å². The number of nitrogens with one attached hydrogen (secondary N) is 3. The minimum absolute atomic E-state index is 0.202. The van der Waals surface area contributed by atoms with Crippen LogP contribution in [-0.2, 0) is 6.54 Å². The summed E-state index contributed by atoms with van der Waals surface area (Å²) < 4.78 is 39.6. The largest absolute Gasteiger partial charge is 0.573 e. The van der Waals surface area contributed by atoms with Crippen LogP contribution < -0.4 is 15.4 Å². The minimum Gasteiger partial charge on any atom is -0.406 e. The molecule has 0 radical (unpaired) electrons. The summed E-state index contributed by atoms with van der Waals surface area (Å²) in [6.07, 6.45) is -1.57. The molecule has 0 fully saturated rings. The van der Waals surface area contributed by atoms with Crippen molar-refractivity contribution in [2.75, 3.05) is 5.32 Å². The van der Waals surface area contributed by atoms with Crippen molar-refractivity contribution in [2.24, 2.45) is 0 Å². The van der Waals surface area contributed by atoms with Crippen LogP contribution in [0.1, 0.15) is 5.82 Å². The number of amides is 2. The molecule has 0 saturated carbocycles. The number of hydrogen-bond donors (Lipinski definition) is 3. The smallest absolute Gasteiger partial charge is 0.406 e. The van der Waals surface area contributed by atoms with E-state index in [4.69, 9.17) is 0 Å². The molecule has 0 aliphatic rings. The van der Waals surface area contributed by atoms with Gasteiger partial charge in [0.25, 0.3) is 0 Å². The summed E-state index contributed by atoms with van der Waals surface area (Å²) in [5, 5.41) is 5.00. The summed E-state index contributed by atoms with van der Waals surface area (Å²) in [7, 11) is 0. The van der Waals surface area contributed by atoms with Gasteiger partial charge >= 0.3 is 12.4 Å². The molecule has 2 rings (SSSR count). The lowest BCUT2D eigenvalue weighted by Crippen LogP contribution is -2.28. The molecule has 9 heteroatoms. The Balaban J connectivity index is 1.83. The number of imidazole rings is 1. The van der Waals surface area contributed by atoms with Crippen LogP contribution in [0.25, 0.3) is 0 Å². The topological polar surface area (TPSA) is 79.0 Å². The number of hydrogen-bond acceptors (Lipinski definition) is 3. The van der Waals surface area contributed by atoms with Gasteiger partial charge in [-0.2, -0.15) is 0 Å².